The Bertz CT molecular complexity index is 846. The normalized spacial score (nSPS) is 17.8. The third-order valence-electron chi connectivity index (χ3n) is 4.46. The summed E-state index contributed by atoms with van der Waals surface area (Å²) in [4.78, 5) is 30.6. The molecule has 138 valence electrons. The quantitative estimate of drug-likeness (QED) is 0.862. The molecule has 0 aliphatic carbocycles. The molecule has 0 spiro atoms. The van der Waals surface area contributed by atoms with E-state index < -0.39 is 18.1 Å². The van der Waals surface area contributed by atoms with Crippen LogP contribution in [0.5, 0.6) is 5.75 Å². The van der Waals surface area contributed by atoms with Crippen LogP contribution in [0.15, 0.2) is 23.6 Å². The van der Waals surface area contributed by atoms with E-state index in [1.807, 2.05) is 32.2 Å². The molecule has 0 radical (unpaired) electrons. The van der Waals surface area contributed by atoms with Gasteiger partial charge >= 0.3 is 5.97 Å². The van der Waals surface area contributed by atoms with E-state index in [0.717, 1.165) is 16.3 Å². The predicted molar refractivity (Wildman–Crippen MR) is 101 cm³/mol. The van der Waals surface area contributed by atoms with Crippen LogP contribution in [0.1, 0.15) is 32.2 Å². The van der Waals surface area contributed by atoms with E-state index in [9.17, 15) is 14.7 Å². The summed E-state index contributed by atoms with van der Waals surface area (Å²) in [6, 6.07) is 4.55. The number of anilines is 1. The van der Waals surface area contributed by atoms with E-state index in [-0.39, 0.29) is 11.8 Å². The molecule has 0 saturated heterocycles. The Kier molecular flexibility index (Phi) is 5.00. The zero-order valence-corrected chi connectivity index (χ0v) is 16.0. The van der Waals surface area contributed by atoms with E-state index in [1.54, 1.807) is 30.4 Å². The van der Waals surface area contributed by atoms with Gasteiger partial charge in [0, 0.05) is 10.9 Å². The van der Waals surface area contributed by atoms with Gasteiger partial charge in [0.05, 0.1) is 16.4 Å². The molecule has 6 nitrogen and oxygen atoms in total. The predicted octanol–water partition coefficient (Wildman–Crippen LogP) is 3.73. The highest BCUT2D eigenvalue weighted by atomic mass is 32.1. The number of nitrogens with zero attached hydrogens (tertiary/aromatic N) is 2. The second kappa shape index (κ2) is 7.07. The van der Waals surface area contributed by atoms with Crippen molar-refractivity contribution in [2.75, 3.05) is 4.90 Å². The zero-order chi connectivity index (χ0) is 19.0. The fraction of sp³-hybridized carbons (Fsp3) is 0.421. The highest BCUT2D eigenvalue weighted by molar-refractivity contribution is 7.09. The van der Waals surface area contributed by atoms with Crippen molar-refractivity contribution in [1.29, 1.82) is 0 Å². The summed E-state index contributed by atoms with van der Waals surface area (Å²) in [5.74, 6) is -0.872. The zero-order valence-electron chi connectivity index (χ0n) is 15.2. The fourth-order valence-corrected chi connectivity index (χ4v) is 3.74. The summed E-state index contributed by atoms with van der Waals surface area (Å²) in [6.45, 7) is 7.47. The van der Waals surface area contributed by atoms with Crippen LogP contribution in [0.4, 0.5) is 5.69 Å². The molecule has 2 atom stereocenters. The number of aryl methyl sites for hydroxylation is 1. The minimum atomic E-state index is -1.02. The molecule has 1 aromatic carbocycles. The first-order chi connectivity index (χ1) is 12.3. The Morgan fingerprint density at radius 1 is 1.42 bits per heavy atom. The van der Waals surface area contributed by atoms with Crippen molar-refractivity contribution in [1.82, 2.24) is 4.98 Å². The van der Waals surface area contributed by atoms with Crippen LogP contribution in [-0.2, 0) is 9.59 Å². The molecule has 1 aliphatic rings. The van der Waals surface area contributed by atoms with E-state index in [0.29, 0.717) is 17.9 Å². The van der Waals surface area contributed by atoms with Crippen molar-refractivity contribution in [3.63, 3.8) is 0 Å². The lowest BCUT2D eigenvalue weighted by Crippen LogP contribution is -2.54. The maximum Gasteiger partial charge on any atom is 0.326 e. The molecule has 1 aromatic heterocycles. The lowest BCUT2D eigenvalue weighted by molar-refractivity contribution is -0.141. The van der Waals surface area contributed by atoms with Gasteiger partial charge in [0.15, 0.2) is 6.10 Å². The molecule has 3 rings (SSSR count). The van der Waals surface area contributed by atoms with Crippen LogP contribution in [0.3, 0.4) is 0 Å². The van der Waals surface area contributed by atoms with E-state index >= 15 is 0 Å². The molecule has 1 N–H and O–H groups in total. The number of amides is 1. The van der Waals surface area contributed by atoms with Crippen LogP contribution in [0.25, 0.3) is 11.3 Å². The van der Waals surface area contributed by atoms with Crippen LogP contribution in [0.2, 0.25) is 0 Å². The molecule has 0 fully saturated rings. The second-order valence-electron chi connectivity index (χ2n) is 6.69. The van der Waals surface area contributed by atoms with Crippen LogP contribution in [0, 0.1) is 12.8 Å². The number of benzene rings is 1. The Balaban J connectivity index is 2.13. The number of thiazole rings is 1. The first-order valence-electron chi connectivity index (χ1n) is 8.62. The van der Waals surface area contributed by atoms with E-state index in [1.165, 1.54) is 4.90 Å². The molecular weight excluding hydrogens is 352 g/mol. The van der Waals surface area contributed by atoms with E-state index in [4.69, 9.17) is 4.74 Å². The first kappa shape index (κ1) is 18.4. The average Bonchev–Trinajstić information content (AvgIpc) is 3.02. The number of carboxylic acids is 1. The average molecular weight is 374 g/mol. The minimum absolute atomic E-state index is 0.0645. The molecule has 1 aliphatic heterocycles. The van der Waals surface area contributed by atoms with Crippen molar-refractivity contribution < 1.29 is 19.4 Å². The molecule has 7 heteroatoms. The largest absolute Gasteiger partial charge is 0.480 e. The van der Waals surface area contributed by atoms with Crippen molar-refractivity contribution in [3.05, 3.63) is 28.6 Å². The van der Waals surface area contributed by atoms with Crippen LogP contribution >= 0.6 is 11.3 Å². The third kappa shape index (κ3) is 3.19. The van der Waals surface area contributed by atoms with Gasteiger partial charge in [-0.1, -0.05) is 20.8 Å². The lowest BCUT2D eigenvalue weighted by atomic mass is 9.99. The van der Waals surface area contributed by atoms with Crippen LogP contribution in [-0.4, -0.2) is 34.1 Å². The number of rotatable bonds is 5. The summed E-state index contributed by atoms with van der Waals surface area (Å²) < 4.78 is 5.90. The number of carbonyl (C=O) groups is 2. The summed E-state index contributed by atoms with van der Waals surface area (Å²) in [7, 11) is 0. The second-order valence-corrected chi connectivity index (χ2v) is 7.75. The van der Waals surface area contributed by atoms with Gasteiger partial charge in [-0.2, -0.15) is 0 Å². The van der Waals surface area contributed by atoms with Crippen molar-refractivity contribution in [2.45, 2.75) is 46.3 Å². The summed E-state index contributed by atoms with van der Waals surface area (Å²) in [5.41, 5.74) is 2.12. The number of aliphatic carboxylic acids is 1. The van der Waals surface area contributed by atoms with Crippen molar-refractivity contribution in [2.24, 2.45) is 5.92 Å². The van der Waals surface area contributed by atoms with Gasteiger partial charge in [-0.3, -0.25) is 9.69 Å². The number of carboxylic acid groups (broad SMARTS) is 1. The smallest absolute Gasteiger partial charge is 0.326 e. The number of ether oxygens (including phenoxy) is 1. The molecule has 0 saturated carbocycles. The molecule has 0 bridgehead atoms. The Hall–Kier alpha value is -2.41. The Morgan fingerprint density at radius 3 is 2.69 bits per heavy atom. The standard InChI is InChI=1S/C19H22N2O4S/c1-5-14(19(23)24)21-15-8-12(13-9-26-11(4)20-13)6-7-16(15)25-17(10(2)3)18(21)22/h6-10,14,17H,5H2,1-4H3,(H,23,24). The number of hydrogen-bond donors (Lipinski definition) is 1. The summed E-state index contributed by atoms with van der Waals surface area (Å²) in [6.07, 6.45) is -0.381. The van der Waals surface area contributed by atoms with Gasteiger partial charge in [0.2, 0.25) is 0 Å². The van der Waals surface area contributed by atoms with Gasteiger partial charge in [0.1, 0.15) is 11.8 Å². The molecule has 26 heavy (non-hydrogen) atoms. The van der Waals surface area contributed by atoms with Gasteiger partial charge in [-0.25, -0.2) is 9.78 Å². The maximum atomic E-state index is 13.0. The topological polar surface area (TPSA) is 79.7 Å². The fourth-order valence-electron chi connectivity index (χ4n) is 3.11. The highest BCUT2D eigenvalue weighted by Gasteiger charge is 2.41. The van der Waals surface area contributed by atoms with Gasteiger partial charge in [-0.15, -0.1) is 11.3 Å². The van der Waals surface area contributed by atoms with Crippen LogP contribution < -0.4 is 9.64 Å². The Labute approximate surface area is 156 Å². The number of fused-ring (bicyclic) bond motifs is 1. The van der Waals surface area contributed by atoms with Gasteiger partial charge < -0.3 is 9.84 Å². The molecule has 2 aromatic rings. The minimum Gasteiger partial charge on any atom is -0.480 e. The van der Waals surface area contributed by atoms with Crippen molar-refractivity contribution >= 4 is 28.9 Å². The third-order valence-corrected chi connectivity index (χ3v) is 5.23. The summed E-state index contributed by atoms with van der Waals surface area (Å²) in [5, 5.41) is 12.5. The van der Waals surface area contributed by atoms with Crippen molar-refractivity contribution in [3.8, 4) is 17.0 Å². The lowest BCUT2D eigenvalue weighted by Gasteiger charge is -2.38. The SMILES string of the molecule is CCC(C(=O)O)N1C(=O)C(C(C)C)Oc2ccc(-c3csc(C)n3)cc21. The molecule has 1 amide bonds. The monoisotopic (exact) mass is 374 g/mol. The summed E-state index contributed by atoms with van der Waals surface area (Å²) >= 11 is 1.54. The Morgan fingerprint density at radius 2 is 2.15 bits per heavy atom. The van der Waals surface area contributed by atoms with Gasteiger partial charge in [-0.05, 0) is 37.5 Å². The first-order valence-corrected chi connectivity index (χ1v) is 9.50. The van der Waals surface area contributed by atoms with E-state index in [2.05, 4.69) is 4.98 Å². The molecule has 2 unspecified atom stereocenters. The maximum absolute atomic E-state index is 13.0. The molecular formula is C19H22N2O4S. The van der Waals surface area contributed by atoms with Gasteiger partial charge in [0.25, 0.3) is 5.91 Å². The number of hydrogen-bond acceptors (Lipinski definition) is 5. The highest BCUT2D eigenvalue weighted by Crippen LogP contribution is 2.40. The number of aromatic nitrogens is 1. The number of carbonyl (C=O) groups excluding carboxylic acids is 1. The molecule has 2 heterocycles.